The van der Waals surface area contributed by atoms with E-state index in [0.29, 0.717) is 41.6 Å². The molecule has 0 saturated carbocycles. The zero-order chi connectivity index (χ0) is 25.1. The summed E-state index contributed by atoms with van der Waals surface area (Å²) in [5, 5.41) is 7.50. The van der Waals surface area contributed by atoms with Crippen LogP contribution in [-0.2, 0) is 0 Å². The lowest BCUT2D eigenvalue weighted by Crippen LogP contribution is -2.27. The molecule has 0 aliphatic rings. The van der Waals surface area contributed by atoms with Crippen LogP contribution in [0.1, 0.15) is 16.8 Å². The van der Waals surface area contributed by atoms with E-state index in [1.54, 1.807) is 24.4 Å². The normalized spacial score (nSPS) is 11.1. The van der Waals surface area contributed by atoms with Crippen molar-refractivity contribution in [2.24, 2.45) is 0 Å². The number of aromatic nitrogens is 4. The topological polar surface area (TPSA) is 84.2 Å². The second-order valence-corrected chi connectivity index (χ2v) is 8.65. The van der Waals surface area contributed by atoms with Crippen molar-refractivity contribution in [2.45, 2.75) is 6.42 Å². The van der Waals surface area contributed by atoms with Crippen LogP contribution >= 0.6 is 11.3 Å². The first-order valence-electron chi connectivity index (χ1n) is 11.0. The Labute approximate surface area is 207 Å². The van der Waals surface area contributed by atoms with E-state index in [4.69, 9.17) is 0 Å². The predicted molar refractivity (Wildman–Crippen MR) is 131 cm³/mol. The van der Waals surface area contributed by atoms with Crippen LogP contribution in [0.3, 0.4) is 0 Å². The highest BCUT2D eigenvalue weighted by Crippen LogP contribution is 2.33. The summed E-state index contributed by atoms with van der Waals surface area (Å²) < 4.78 is 43.2. The smallest absolute Gasteiger partial charge is 0.257 e. The number of benzene rings is 2. The van der Waals surface area contributed by atoms with Gasteiger partial charge in [-0.2, -0.15) is 0 Å². The van der Waals surface area contributed by atoms with Crippen LogP contribution in [0.25, 0.3) is 27.6 Å². The monoisotopic (exact) mass is 508 g/mol. The van der Waals surface area contributed by atoms with Gasteiger partial charge in [0.25, 0.3) is 5.91 Å². The molecule has 0 radical (unpaired) electrons. The van der Waals surface area contributed by atoms with Gasteiger partial charge >= 0.3 is 0 Å². The van der Waals surface area contributed by atoms with Crippen molar-refractivity contribution in [3.8, 4) is 22.6 Å². The van der Waals surface area contributed by atoms with Crippen LogP contribution in [0.4, 0.5) is 19.1 Å². The van der Waals surface area contributed by atoms with Gasteiger partial charge in [-0.1, -0.05) is 18.2 Å². The highest BCUT2D eigenvalue weighted by atomic mass is 32.1. The number of fused-ring (bicyclic) bond motifs is 1. The van der Waals surface area contributed by atoms with Gasteiger partial charge in [0.15, 0.2) is 4.96 Å². The number of anilines is 1. The molecule has 0 spiro atoms. The van der Waals surface area contributed by atoms with Gasteiger partial charge in [-0.05, 0) is 36.8 Å². The molecule has 0 aliphatic carbocycles. The minimum Gasteiger partial charge on any atom is -0.354 e. The number of nitrogens with zero attached hydrogens (tertiary/aromatic N) is 4. The fraction of sp³-hybridized carbons (Fsp3) is 0.120. The number of hydrogen-bond donors (Lipinski definition) is 2. The first kappa shape index (κ1) is 23.5. The van der Waals surface area contributed by atoms with E-state index >= 15 is 0 Å². The van der Waals surface area contributed by atoms with E-state index in [0.717, 1.165) is 17.1 Å². The van der Waals surface area contributed by atoms with Gasteiger partial charge in [0.05, 0.1) is 11.4 Å². The lowest BCUT2D eigenvalue weighted by Gasteiger charge is -2.09. The molecule has 11 heteroatoms. The summed E-state index contributed by atoms with van der Waals surface area (Å²) in [6.07, 6.45) is 3.95. The molecule has 0 aliphatic heterocycles. The minimum absolute atomic E-state index is 0.196. The quantitative estimate of drug-likeness (QED) is 0.283. The molecular formula is C25H19F3N6OS. The Kier molecular flexibility index (Phi) is 6.63. The van der Waals surface area contributed by atoms with Crippen LogP contribution in [0, 0.1) is 17.5 Å². The van der Waals surface area contributed by atoms with Crippen molar-refractivity contribution >= 4 is 28.2 Å². The molecule has 0 unspecified atom stereocenters. The molecule has 0 fully saturated rings. The summed E-state index contributed by atoms with van der Waals surface area (Å²) >= 11 is 1.46. The van der Waals surface area contributed by atoms with Gasteiger partial charge in [-0.3, -0.25) is 9.20 Å². The van der Waals surface area contributed by atoms with Gasteiger partial charge < -0.3 is 10.6 Å². The number of carbonyl (C=O) groups is 1. The summed E-state index contributed by atoms with van der Waals surface area (Å²) in [6, 6.07) is 11.3. The molecule has 7 nitrogen and oxygen atoms in total. The Morgan fingerprint density at radius 2 is 1.81 bits per heavy atom. The van der Waals surface area contributed by atoms with Crippen LogP contribution in [0.5, 0.6) is 0 Å². The second-order valence-electron chi connectivity index (χ2n) is 7.77. The van der Waals surface area contributed by atoms with Gasteiger partial charge in [-0.25, -0.2) is 28.1 Å². The molecule has 182 valence electrons. The molecule has 0 bridgehead atoms. The summed E-state index contributed by atoms with van der Waals surface area (Å²) in [5.41, 5.74) is 1.95. The summed E-state index contributed by atoms with van der Waals surface area (Å²) in [7, 11) is 0. The summed E-state index contributed by atoms with van der Waals surface area (Å²) in [5.74, 6) is -2.63. The van der Waals surface area contributed by atoms with Crippen molar-refractivity contribution < 1.29 is 18.0 Å². The largest absolute Gasteiger partial charge is 0.354 e. The van der Waals surface area contributed by atoms with Crippen LogP contribution in [0.2, 0.25) is 0 Å². The number of amides is 1. The average molecular weight is 509 g/mol. The number of nitrogens with one attached hydrogen (secondary N) is 2. The molecule has 2 aromatic carbocycles. The van der Waals surface area contributed by atoms with Crippen molar-refractivity contribution in [3.63, 3.8) is 0 Å². The minimum atomic E-state index is -0.909. The number of halogens is 3. The number of rotatable bonds is 8. The maximum Gasteiger partial charge on any atom is 0.257 e. The Bertz CT molecular complexity index is 1530. The highest BCUT2D eigenvalue weighted by molar-refractivity contribution is 7.15. The average Bonchev–Trinajstić information content (AvgIpc) is 3.45. The molecule has 2 N–H and O–H groups in total. The van der Waals surface area contributed by atoms with Crippen molar-refractivity contribution in [1.82, 2.24) is 24.7 Å². The molecule has 3 aromatic heterocycles. The van der Waals surface area contributed by atoms with Gasteiger partial charge in [0, 0.05) is 36.4 Å². The standard InChI is InChI=1S/C25H19F3N6OS/c26-16-5-1-4-15(14-16)21-22(34-12-13-36-25(34)33-21)19-8-11-31-24(32-19)30-10-3-9-29-23(35)20-17(27)6-2-7-18(20)28/h1-2,4-8,11-14H,3,9-10H2,(H,29,35)(H,30,31,32). The zero-order valence-corrected chi connectivity index (χ0v) is 19.5. The van der Waals surface area contributed by atoms with Gasteiger partial charge in [0.1, 0.15) is 28.7 Å². The molecule has 0 atom stereocenters. The van der Waals surface area contributed by atoms with E-state index in [2.05, 4.69) is 25.6 Å². The number of thiazole rings is 1. The molecular weight excluding hydrogens is 489 g/mol. The van der Waals surface area contributed by atoms with E-state index in [-0.39, 0.29) is 12.4 Å². The Morgan fingerprint density at radius 1 is 1.00 bits per heavy atom. The zero-order valence-electron chi connectivity index (χ0n) is 18.7. The number of imidazole rings is 1. The highest BCUT2D eigenvalue weighted by Gasteiger charge is 2.19. The Morgan fingerprint density at radius 3 is 2.61 bits per heavy atom. The molecule has 1 amide bonds. The van der Waals surface area contributed by atoms with E-state index < -0.39 is 23.1 Å². The van der Waals surface area contributed by atoms with Crippen molar-refractivity contribution in [3.05, 3.63) is 89.3 Å². The van der Waals surface area contributed by atoms with Crippen LogP contribution in [-0.4, -0.2) is 38.3 Å². The molecule has 5 rings (SSSR count). The fourth-order valence-corrected chi connectivity index (χ4v) is 4.45. The molecule has 36 heavy (non-hydrogen) atoms. The molecule has 3 heterocycles. The maximum absolute atomic E-state index is 13.9. The third-order valence-electron chi connectivity index (χ3n) is 5.37. The maximum atomic E-state index is 13.9. The Balaban J connectivity index is 1.27. The van der Waals surface area contributed by atoms with Crippen molar-refractivity contribution in [2.75, 3.05) is 18.4 Å². The second kappa shape index (κ2) is 10.2. The third-order valence-corrected chi connectivity index (χ3v) is 6.13. The molecule has 0 saturated heterocycles. The van der Waals surface area contributed by atoms with Gasteiger partial charge in [0.2, 0.25) is 5.95 Å². The lowest BCUT2D eigenvalue weighted by atomic mass is 10.1. The van der Waals surface area contributed by atoms with Crippen LogP contribution in [0.15, 0.2) is 66.3 Å². The summed E-state index contributed by atoms with van der Waals surface area (Å²) in [4.78, 5) is 26.3. The van der Waals surface area contributed by atoms with Crippen LogP contribution < -0.4 is 10.6 Å². The first-order valence-corrected chi connectivity index (χ1v) is 11.9. The predicted octanol–water partition coefficient (Wildman–Crippen LogP) is 5.17. The molecule has 5 aromatic rings. The summed E-state index contributed by atoms with van der Waals surface area (Å²) in [6.45, 7) is 0.599. The van der Waals surface area contributed by atoms with Gasteiger partial charge in [-0.15, -0.1) is 11.3 Å². The number of hydrogen-bond acceptors (Lipinski definition) is 6. The SMILES string of the molecule is O=C(NCCCNc1nccc(-c2c(-c3cccc(F)c3)nc3sccn23)n1)c1c(F)cccc1F. The number of carbonyl (C=O) groups excluding carboxylic acids is 1. The van der Waals surface area contributed by atoms with E-state index in [1.807, 2.05) is 16.0 Å². The fourth-order valence-electron chi connectivity index (χ4n) is 3.74. The lowest BCUT2D eigenvalue weighted by molar-refractivity contribution is 0.0945. The van der Waals surface area contributed by atoms with E-state index in [1.165, 1.54) is 29.5 Å². The van der Waals surface area contributed by atoms with Crippen molar-refractivity contribution in [1.29, 1.82) is 0 Å². The first-order chi connectivity index (χ1) is 17.5. The third kappa shape index (κ3) is 4.78. The Hall–Kier alpha value is -4.25. The van der Waals surface area contributed by atoms with E-state index in [9.17, 15) is 18.0 Å².